The first kappa shape index (κ1) is 29.0. The van der Waals surface area contributed by atoms with Gasteiger partial charge in [-0.25, -0.2) is 4.79 Å². The molecule has 3 aromatic rings. The van der Waals surface area contributed by atoms with E-state index in [4.69, 9.17) is 19.9 Å². The predicted octanol–water partition coefficient (Wildman–Crippen LogP) is 4.21. The lowest BCUT2D eigenvalue weighted by atomic mass is 10.1. The van der Waals surface area contributed by atoms with Crippen LogP contribution in [0.5, 0.6) is 11.5 Å². The van der Waals surface area contributed by atoms with Crippen LogP contribution in [0.3, 0.4) is 0 Å². The standard InChI is InChI=1S/C25H31N5O6S2/c1-7-30-22(15(5)36-17-10-8-16(34-6)9-11-17)28-29-25(30)37-12-18(31)27-23-19(24(33)35-13(2)3)14(4)20(38-23)21(26)32/h8-11,13,15H,7,12H2,1-6H3,(H2,26,32)(H,27,31). The van der Waals surface area contributed by atoms with E-state index in [0.717, 1.165) is 17.1 Å². The highest BCUT2D eigenvalue weighted by Gasteiger charge is 2.27. The van der Waals surface area contributed by atoms with Crippen LogP contribution in [-0.2, 0) is 16.1 Å². The number of thioether (sulfide) groups is 1. The number of rotatable bonds is 12. The van der Waals surface area contributed by atoms with E-state index in [-0.39, 0.29) is 33.2 Å². The molecule has 0 bridgehead atoms. The van der Waals surface area contributed by atoms with E-state index in [0.29, 0.717) is 28.8 Å². The highest BCUT2D eigenvalue weighted by Crippen LogP contribution is 2.34. The van der Waals surface area contributed by atoms with E-state index in [9.17, 15) is 14.4 Å². The van der Waals surface area contributed by atoms with Crippen molar-refractivity contribution in [2.75, 3.05) is 18.2 Å². The normalized spacial score (nSPS) is 11.8. The summed E-state index contributed by atoms with van der Waals surface area (Å²) in [4.78, 5) is 37.5. The molecule has 1 unspecified atom stereocenters. The van der Waals surface area contributed by atoms with Crippen molar-refractivity contribution in [3.05, 3.63) is 46.1 Å². The van der Waals surface area contributed by atoms with Crippen LogP contribution in [0.25, 0.3) is 0 Å². The first-order chi connectivity index (χ1) is 18.0. The second kappa shape index (κ2) is 12.8. The smallest absolute Gasteiger partial charge is 0.341 e. The number of hydrogen-bond acceptors (Lipinski definition) is 10. The zero-order chi connectivity index (χ0) is 28.0. The lowest BCUT2D eigenvalue weighted by molar-refractivity contribution is -0.113. The van der Waals surface area contributed by atoms with Crippen LogP contribution >= 0.6 is 23.1 Å². The number of ether oxygens (including phenoxy) is 3. The summed E-state index contributed by atoms with van der Waals surface area (Å²) in [5.74, 6) is 0.288. The van der Waals surface area contributed by atoms with Crippen LogP contribution in [0, 0.1) is 6.92 Å². The van der Waals surface area contributed by atoms with Crippen molar-refractivity contribution < 1.29 is 28.6 Å². The van der Waals surface area contributed by atoms with E-state index in [1.807, 2.05) is 42.7 Å². The van der Waals surface area contributed by atoms with Gasteiger partial charge in [0.05, 0.1) is 29.4 Å². The van der Waals surface area contributed by atoms with E-state index >= 15 is 0 Å². The minimum Gasteiger partial charge on any atom is -0.497 e. The van der Waals surface area contributed by atoms with Crippen molar-refractivity contribution in [1.82, 2.24) is 14.8 Å². The monoisotopic (exact) mass is 561 g/mol. The number of carbonyl (C=O) groups is 3. The van der Waals surface area contributed by atoms with Gasteiger partial charge in [-0.1, -0.05) is 11.8 Å². The topological polar surface area (TPSA) is 148 Å². The molecular weight excluding hydrogens is 530 g/mol. The maximum absolute atomic E-state index is 12.8. The molecule has 0 aliphatic rings. The Balaban J connectivity index is 1.70. The summed E-state index contributed by atoms with van der Waals surface area (Å²) in [5, 5.41) is 12.0. The predicted molar refractivity (Wildman–Crippen MR) is 145 cm³/mol. The minimum atomic E-state index is -0.685. The van der Waals surface area contributed by atoms with Gasteiger partial charge in [-0.15, -0.1) is 21.5 Å². The zero-order valence-corrected chi connectivity index (χ0v) is 23.7. The molecule has 2 aromatic heterocycles. The number of methoxy groups -OCH3 is 1. The molecule has 38 heavy (non-hydrogen) atoms. The van der Waals surface area contributed by atoms with Crippen molar-refractivity contribution in [1.29, 1.82) is 0 Å². The van der Waals surface area contributed by atoms with Crippen molar-refractivity contribution in [3.8, 4) is 11.5 Å². The van der Waals surface area contributed by atoms with Crippen molar-refractivity contribution in [2.45, 2.75) is 58.5 Å². The first-order valence-corrected chi connectivity index (χ1v) is 13.7. The molecular formula is C25H31N5O6S2. The summed E-state index contributed by atoms with van der Waals surface area (Å²) >= 11 is 2.14. The summed E-state index contributed by atoms with van der Waals surface area (Å²) in [6, 6.07) is 7.23. The first-order valence-electron chi connectivity index (χ1n) is 11.9. The number of primary amides is 1. The maximum Gasteiger partial charge on any atom is 0.341 e. The number of anilines is 1. The van der Waals surface area contributed by atoms with Crippen LogP contribution in [0.1, 0.15) is 65.2 Å². The molecule has 0 radical (unpaired) electrons. The minimum absolute atomic E-state index is 0.00658. The molecule has 0 spiro atoms. The number of amides is 2. The lowest BCUT2D eigenvalue weighted by Gasteiger charge is -2.16. The molecule has 0 aliphatic heterocycles. The molecule has 2 amide bonds. The second-order valence-electron chi connectivity index (χ2n) is 8.44. The fourth-order valence-corrected chi connectivity index (χ4v) is 5.44. The number of esters is 1. The number of benzene rings is 1. The summed E-state index contributed by atoms with van der Waals surface area (Å²) in [6.07, 6.45) is -0.765. The summed E-state index contributed by atoms with van der Waals surface area (Å²) < 4.78 is 18.3. The third kappa shape index (κ3) is 6.84. The number of hydrogen-bond donors (Lipinski definition) is 2. The molecule has 204 valence electrons. The van der Waals surface area contributed by atoms with Gasteiger partial charge in [-0.3, -0.25) is 9.59 Å². The van der Waals surface area contributed by atoms with E-state index < -0.39 is 18.0 Å². The largest absolute Gasteiger partial charge is 0.497 e. The molecule has 3 N–H and O–H groups in total. The number of carbonyl (C=O) groups excluding carboxylic acids is 3. The molecule has 3 rings (SSSR count). The Hall–Kier alpha value is -3.58. The third-order valence-electron chi connectivity index (χ3n) is 5.30. The number of aromatic nitrogens is 3. The quantitative estimate of drug-likeness (QED) is 0.245. The van der Waals surface area contributed by atoms with Gasteiger partial charge in [0.2, 0.25) is 5.91 Å². The Morgan fingerprint density at radius 1 is 1.13 bits per heavy atom. The summed E-state index contributed by atoms with van der Waals surface area (Å²) in [6.45, 7) is 9.41. The molecule has 0 fully saturated rings. The Morgan fingerprint density at radius 3 is 2.37 bits per heavy atom. The highest BCUT2D eigenvalue weighted by molar-refractivity contribution is 7.99. The summed E-state index contributed by atoms with van der Waals surface area (Å²) in [5.41, 5.74) is 5.95. The molecule has 0 saturated heterocycles. The van der Waals surface area contributed by atoms with Crippen molar-refractivity contribution in [3.63, 3.8) is 0 Å². The number of thiophene rings is 1. The average molecular weight is 562 g/mol. The molecule has 1 atom stereocenters. The Bertz CT molecular complexity index is 1300. The van der Waals surface area contributed by atoms with E-state index in [2.05, 4.69) is 15.5 Å². The fourth-order valence-electron chi connectivity index (χ4n) is 3.56. The van der Waals surface area contributed by atoms with Crippen LogP contribution in [0.2, 0.25) is 0 Å². The molecule has 13 heteroatoms. The van der Waals surface area contributed by atoms with E-state index in [1.165, 1.54) is 11.8 Å². The Morgan fingerprint density at radius 2 is 1.79 bits per heavy atom. The molecule has 2 heterocycles. The van der Waals surface area contributed by atoms with Crippen LogP contribution in [0.15, 0.2) is 29.4 Å². The highest BCUT2D eigenvalue weighted by atomic mass is 32.2. The van der Waals surface area contributed by atoms with Crippen LogP contribution in [0.4, 0.5) is 5.00 Å². The second-order valence-corrected chi connectivity index (χ2v) is 10.4. The Kier molecular flexibility index (Phi) is 9.75. The van der Waals surface area contributed by atoms with Crippen molar-refractivity contribution >= 4 is 45.9 Å². The van der Waals surface area contributed by atoms with Gasteiger partial charge in [0, 0.05) is 6.54 Å². The van der Waals surface area contributed by atoms with Gasteiger partial charge in [-0.05, 0) is 64.4 Å². The maximum atomic E-state index is 12.8. The van der Waals surface area contributed by atoms with Gasteiger partial charge in [0.15, 0.2) is 17.1 Å². The molecule has 0 aliphatic carbocycles. The van der Waals surface area contributed by atoms with Crippen molar-refractivity contribution in [2.24, 2.45) is 5.73 Å². The lowest BCUT2D eigenvalue weighted by Crippen LogP contribution is -2.18. The molecule has 11 nitrogen and oxygen atoms in total. The van der Waals surface area contributed by atoms with Crippen LogP contribution in [-0.4, -0.2) is 51.5 Å². The fraction of sp³-hybridized carbons (Fsp3) is 0.400. The number of nitrogens with zero attached hydrogens (tertiary/aromatic N) is 3. The van der Waals surface area contributed by atoms with Gasteiger partial charge >= 0.3 is 5.97 Å². The molecule has 0 saturated carbocycles. The average Bonchev–Trinajstić information content (AvgIpc) is 3.43. The van der Waals surface area contributed by atoms with Gasteiger partial charge in [0.1, 0.15) is 16.5 Å². The van der Waals surface area contributed by atoms with Gasteiger partial charge < -0.3 is 29.8 Å². The zero-order valence-electron chi connectivity index (χ0n) is 22.1. The van der Waals surface area contributed by atoms with Gasteiger partial charge in [-0.2, -0.15) is 0 Å². The van der Waals surface area contributed by atoms with Gasteiger partial charge in [0.25, 0.3) is 5.91 Å². The van der Waals surface area contributed by atoms with Crippen LogP contribution < -0.4 is 20.5 Å². The SMILES string of the molecule is CCn1c(SCC(=O)Nc2sc(C(N)=O)c(C)c2C(=O)OC(C)C)nnc1C(C)Oc1ccc(OC)cc1. The number of nitrogens with one attached hydrogen (secondary N) is 1. The third-order valence-corrected chi connectivity index (χ3v) is 7.49. The number of nitrogens with two attached hydrogens (primary N) is 1. The summed E-state index contributed by atoms with van der Waals surface area (Å²) in [7, 11) is 1.60. The Labute approximate surface area is 229 Å². The molecule has 1 aromatic carbocycles. The van der Waals surface area contributed by atoms with E-state index in [1.54, 1.807) is 27.9 Å².